The topological polar surface area (TPSA) is 90.0 Å². The number of fused-ring (bicyclic) bond motifs is 2. The summed E-state index contributed by atoms with van der Waals surface area (Å²) in [5.74, 6) is 0.493. The average Bonchev–Trinajstić information content (AvgIpc) is 3.22. The van der Waals surface area contributed by atoms with Crippen LogP contribution in [0.25, 0.3) is 16.7 Å². The van der Waals surface area contributed by atoms with Crippen LogP contribution >= 0.6 is 0 Å². The van der Waals surface area contributed by atoms with Gasteiger partial charge in [0.2, 0.25) is 0 Å². The molecule has 0 bridgehead atoms. The fraction of sp³-hybridized carbons (Fsp3) is 0.188. The van der Waals surface area contributed by atoms with E-state index >= 15 is 0 Å². The van der Waals surface area contributed by atoms with Gasteiger partial charge in [0.05, 0.1) is 12.1 Å². The lowest BCUT2D eigenvalue weighted by Gasteiger charge is -2.04. The molecule has 1 aromatic carbocycles. The Hall–Kier alpha value is -3.29. The van der Waals surface area contributed by atoms with E-state index in [2.05, 4.69) is 25.8 Å². The Morgan fingerprint density at radius 3 is 2.96 bits per heavy atom. The van der Waals surface area contributed by atoms with Gasteiger partial charge in [-0.15, -0.1) is 15.3 Å². The Labute approximate surface area is 137 Å². The van der Waals surface area contributed by atoms with E-state index in [0.717, 1.165) is 17.7 Å². The summed E-state index contributed by atoms with van der Waals surface area (Å²) in [6, 6.07) is 11.0. The minimum absolute atomic E-state index is 0.185. The minimum Gasteiger partial charge on any atom is -0.345 e. The van der Waals surface area contributed by atoms with Crippen molar-refractivity contribution in [3.8, 4) is 0 Å². The standard InChI is InChI=1S/C16H15N7O/c1-2-23-13-7-6-11(9-12(13)18-21-23)16(24)17-10-15-20-19-14-5-3-4-8-22(14)15/h3-9H,2,10H2,1H3,(H,17,24). The number of nitrogens with one attached hydrogen (secondary N) is 1. The van der Waals surface area contributed by atoms with Crippen molar-refractivity contribution in [3.63, 3.8) is 0 Å². The summed E-state index contributed by atoms with van der Waals surface area (Å²) in [5, 5.41) is 19.2. The van der Waals surface area contributed by atoms with Crippen LogP contribution in [-0.4, -0.2) is 35.5 Å². The Bertz CT molecular complexity index is 1030. The Kier molecular flexibility index (Phi) is 3.42. The summed E-state index contributed by atoms with van der Waals surface area (Å²) < 4.78 is 3.63. The highest BCUT2D eigenvalue weighted by atomic mass is 16.1. The third kappa shape index (κ3) is 2.37. The largest absolute Gasteiger partial charge is 0.345 e. The molecule has 0 aliphatic rings. The molecule has 0 saturated heterocycles. The van der Waals surface area contributed by atoms with Gasteiger partial charge in [-0.3, -0.25) is 9.20 Å². The highest BCUT2D eigenvalue weighted by Gasteiger charge is 2.11. The van der Waals surface area contributed by atoms with Gasteiger partial charge in [-0.25, -0.2) is 4.68 Å². The molecule has 3 heterocycles. The minimum atomic E-state index is -0.185. The Morgan fingerprint density at radius 1 is 1.17 bits per heavy atom. The maximum absolute atomic E-state index is 12.4. The highest BCUT2D eigenvalue weighted by Crippen LogP contribution is 2.13. The SMILES string of the molecule is CCn1nnc2cc(C(=O)NCc3nnc4ccccn34)ccc21. The number of aromatic nitrogens is 6. The van der Waals surface area contributed by atoms with Crippen LogP contribution in [-0.2, 0) is 13.1 Å². The summed E-state index contributed by atoms with van der Waals surface area (Å²) in [7, 11) is 0. The molecule has 0 atom stereocenters. The number of rotatable bonds is 4. The second-order valence-electron chi connectivity index (χ2n) is 5.34. The summed E-state index contributed by atoms with van der Waals surface area (Å²) in [5.41, 5.74) is 2.91. The highest BCUT2D eigenvalue weighted by molar-refractivity contribution is 5.97. The van der Waals surface area contributed by atoms with Crippen molar-refractivity contribution in [1.29, 1.82) is 0 Å². The maximum atomic E-state index is 12.4. The fourth-order valence-corrected chi connectivity index (χ4v) is 2.62. The van der Waals surface area contributed by atoms with Gasteiger partial charge in [-0.2, -0.15) is 0 Å². The van der Waals surface area contributed by atoms with Crippen molar-refractivity contribution < 1.29 is 4.79 Å². The van der Waals surface area contributed by atoms with Gasteiger partial charge in [0, 0.05) is 18.3 Å². The maximum Gasteiger partial charge on any atom is 0.251 e. The van der Waals surface area contributed by atoms with Crippen molar-refractivity contribution in [2.24, 2.45) is 0 Å². The lowest BCUT2D eigenvalue weighted by Crippen LogP contribution is -2.24. The summed E-state index contributed by atoms with van der Waals surface area (Å²) >= 11 is 0. The Morgan fingerprint density at radius 2 is 2.08 bits per heavy atom. The van der Waals surface area contributed by atoms with E-state index in [1.165, 1.54) is 0 Å². The van der Waals surface area contributed by atoms with Gasteiger partial charge in [0.15, 0.2) is 11.5 Å². The predicted octanol–water partition coefficient (Wildman–Crippen LogP) is 1.42. The molecule has 0 spiro atoms. The first-order valence-corrected chi connectivity index (χ1v) is 7.66. The zero-order chi connectivity index (χ0) is 16.5. The zero-order valence-corrected chi connectivity index (χ0v) is 13.0. The van der Waals surface area contributed by atoms with Crippen molar-refractivity contribution in [2.75, 3.05) is 0 Å². The summed E-state index contributed by atoms with van der Waals surface area (Å²) in [6.07, 6.45) is 1.87. The summed E-state index contributed by atoms with van der Waals surface area (Å²) in [4.78, 5) is 12.4. The molecule has 4 rings (SSSR count). The van der Waals surface area contributed by atoms with Gasteiger partial charge >= 0.3 is 0 Å². The van der Waals surface area contributed by atoms with Crippen molar-refractivity contribution >= 4 is 22.6 Å². The van der Waals surface area contributed by atoms with Crippen LogP contribution in [0.2, 0.25) is 0 Å². The van der Waals surface area contributed by atoms with Crippen LogP contribution in [0.4, 0.5) is 0 Å². The molecule has 1 amide bonds. The van der Waals surface area contributed by atoms with Crippen LogP contribution in [0.15, 0.2) is 42.6 Å². The first-order valence-electron chi connectivity index (χ1n) is 7.66. The molecule has 1 N–H and O–H groups in total. The molecule has 0 aliphatic heterocycles. The van der Waals surface area contributed by atoms with Crippen LogP contribution in [0.5, 0.6) is 0 Å². The van der Waals surface area contributed by atoms with E-state index in [0.29, 0.717) is 23.4 Å². The zero-order valence-electron chi connectivity index (χ0n) is 13.0. The summed E-state index contributed by atoms with van der Waals surface area (Å²) in [6.45, 7) is 3.03. The van der Waals surface area contributed by atoms with Crippen LogP contribution in [0, 0.1) is 0 Å². The lowest BCUT2D eigenvalue weighted by molar-refractivity contribution is 0.0950. The van der Waals surface area contributed by atoms with Gasteiger partial charge in [-0.1, -0.05) is 11.3 Å². The second-order valence-corrected chi connectivity index (χ2v) is 5.34. The van der Waals surface area contributed by atoms with E-state index in [4.69, 9.17) is 0 Å². The van der Waals surface area contributed by atoms with E-state index in [1.54, 1.807) is 16.8 Å². The number of nitrogens with zero attached hydrogens (tertiary/aromatic N) is 6. The molecule has 120 valence electrons. The number of pyridine rings is 1. The van der Waals surface area contributed by atoms with E-state index in [1.807, 2.05) is 41.8 Å². The molecule has 3 aromatic heterocycles. The lowest BCUT2D eigenvalue weighted by atomic mass is 10.2. The molecule has 0 fully saturated rings. The number of benzene rings is 1. The normalized spacial score (nSPS) is 11.2. The van der Waals surface area contributed by atoms with Gasteiger partial charge in [-0.05, 0) is 37.3 Å². The van der Waals surface area contributed by atoms with E-state index in [-0.39, 0.29) is 5.91 Å². The number of hydrogen-bond donors (Lipinski definition) is 1. The number of carbonyl (C=O) groups excluding carboxylic acids is 1. The van der Waals surface area contributed by atoms with E-state index in [9.17, 15) is 4.79 Å². The van der Waals surface area contributed by atoms with Gasteiger partial charge < -0.3 is 5.32 Å². The van der Waals surface area contributed by atoms with Gasteiger partial charge in [0.1, 0.15) is 5.52 Å². The molecular formula is C16H15N7O. The first kappa shape index (κ1) is 14.3. The van der Waals surface area contributed by atoms with Crippen LogP contribution in [0.3, 0.4) is 0 Å². The second kappa shape index (κ2) is 5.73. The number of amides is 1. The third-order valence-corrected chi connectivity index (χ3v) is 3.87. The molecule has 8 heteroatoms. The molecular weight excluding hydrogens is 306 g/mol. The average molecular weight is 321 g/mol. The van der Waals surface area contributed by atoms with Crippen molar-refractivity contribution in [3.05, 3.63) is 54.0 Å². The van der Waals surface area contributed by atoms with Gasteiger partial charge in [0.25, 0.3) is 5.91 Å². The molecule has 0 saturated carbocycles. The predicted molar refractivity (Wildman–Crippen MR) is 87.4 cm³/mol. The monoisotopic (exact) mass is 321 g/mol. The fourth-order valence-electron chi connectivity index (χ4n) is 2.62. The van der Waals surface area contributed by atoms with Crippen LogP contribution in [0.1, 0.15) is 23.1 Å². The molecule has 4 aromatic rings. The first-order chi connectivity index (χ1) is 11.8. The molecule has 0 aliphatic carbocycles. The van der Waals surface area contributed by atoms with Crippen molar-refractivity contribution in [1.82, 2.24) is 34.9 Å². The Balaban J connectivity index is 1.53. The molecule has 24 heavy (non-hydrogen) atoms. The quantitative estimate of drug-likeness (QED) is 0.614. The number of hydrogen-bond acceptors (Lipinski definition) is 5. The van der Waals surface area contributed by atoms with Crippen molar-refractivity contribution in [2.45, 2.75) is 20.0 Å². The molecule has 8 nitrogen and oxygen atoms in total. The van der Waals surface area contributed by atoms with Crippen LogP contribution < -0.4 is 5.32 Å². The number of carbonyl (C=O) groups is 1. The molecule has 0 radical (unpaired) electrons. The number of aryl methyl sites for hydroxylation is 1. The third-order valence-electron chi connectivity index (χ3n) is 3.87. The molecule has 0 unspecified atom stereocenters. The smallest absolute Gasteiger partial charge is 0.251 e. The van der Waals surface area contributed by atoms with E-state index < -0.39 is 0 Å².